The van der Waals surface area contributed by atoms with Gasteiger partial charge in [-0.3, -0.25) is 4.79 Å². The maximum Gasteiger partial charge on any atom is 0.289 e. The van der Waals surface area contributed by atoms with Crippen molar-refractivity contribution in [3.8, 4) is 0 Å². The van der Waals surface area contributed by atoms with Gasteiger partial charge < -0.3 is 9.32 Å². The third kappa shape index (κ3) is 2.24. The van der Waals surface area contributed by atoms with Gasteiger partial charge in [0.2, 0.25) is 0 Å². The van der Waals surface area contributed by atoms with E-state index in [2.05, 4.69) is 6.92 Å². The van der Waals surface area contributed by atoms with Gasteiger partial charge in [-0.15, -0.1) is 11.6 Å². The maximum absolute atomic E-state index is 12.1. The Morgan fingerprint density at radius 1 is 1.56 bits per heavy atom. The third-order valence-electron chi connectivity index (χ3n) is 3.07. The molecule has 0 saturated carbocycles. The van der Waals surface area contributed by atoms with Crippen LogP contribution in [0.5, 0.6) is 0 Å². The molecule has 0 spiro atoms. The number of amides is 1. The fourth-order valence-corrected chi connectivity index (χ4v) is 2.25. The van der Waals surface area contributed by atoms with Gasteiger partial charge in [-0.2, -0.15) is 0 Å². The second-order valence-corrected chi connectivity index (χ2v) is 4.51. The number of carbonyl (C=O) groups excluding carboxylic acids is 1. The van der Waals surface area contributed by atoms with Crippen LogP contribution in [0.25, 0.3) is 0 Å². The average Bonchev–Trinajstić information content (AvgIpc) is 2.77. The largest absolute Gasteiger partial charge is 0.455 e. The molecule has 1 aromatic heterocycles. The van der Waals surface area contributed by atoms with Crippen molar-refractivity contribution in [3.05, 3.63) is 23.7 Å². The Morgan fingerprint density at radius 3 is 3.00 bits per heavy atom. The summed E-state index contributed by atoms with van der Waals surface area (Å²) in [6, 6.07) is 3.78. The number of furan rings is 1. The summed E-state index contributed by atoms with van der Waals surface area (Å²) in [7, 11) is 0. The Morgan fingerprint density at radius 2 is 2.38 bits per heavy atom. The van der Waals surface area contributed by atoms with Gasteiger partial charge in [-0.1, -0.05) is 0 Å². The van der Waals surface area contributed by atoms with Gasteiger partial charge in [0.15, 0.2) is 5.76 Å². The minimum atomic E-state index is -0.0106. The molecular formula is C12H16ClNO2. The van der Waals surface area contributed by atoms with E-state index in [0.29, 0.717) is 23.4 Å². The van der Waals surface area contributed by atoms with E-state index in [1.54, 1.807) is 12.1 Å². The minimum absolute atomic E-state index is 0.0106. The van der Waals surface area contributed by atoms with Crippen LogP contribution in [-0.2, 0) is 5.88 Å². The Hall–Kier alpha value is -0.960. The SMILES string of the molecule is CC1CCCCN1C(=O)c1ccc(CCl)o1. The molecule has 1 aromatic rings. The van der Waals surface area contributed by atoms with Crippen LogP contribution in [0.3, 0.4) is 0 Å². The highest BCUT2D eigenvalue weighted by atomic mass is 35.5. The van der Waals surface area contributed by atoms with E-state index in [0.717, 1.165) is 19.4 Å². The van der Waals surface area contributed by atoms with Gasteiger partial charge in [0.1, 0.15) is 5.76 Å². The molecule has 1 fully saturated rings. The van der Waals surface area contributed by atoms with Crippen LogP contribution < -0.4 is 0 Å². The first kappa shape index (κ1) is 11.5. The van der Waals surface area contributed by atoms with E-state index >= 15 is 0 Å². The zero-order chi connectivity index (χ0) is 11.5. The summed E-state index contributed by atoms with van der Waals surface area (Å²) in [6.45, 7) is 2.92. The smallest absolute Gasteiger partial charge is 0.289 e. The van der Waals surface area contributed by atoms with E-state index in [-0.39, 0.29) is 5.91 Å². The topological polar surface area (TPSA) is 33.5 Å². The predicted molar refractivity (Wildman–Crippen MR) is 62.6 cm³/mol. The van der Waals surface area contributed by atoms with Gasteiger partial charge in [0.05, 0.1) is 5.88 Å². The van der Waals surface area contributed by atoms with Crippen LogP contribution >= 0.6 is 11.6 Å². The molecule has 88 valence electrons. The van der Waals surface area contributed by atoms with Crippen molar-refractivity contribution < 1.29 is 9.21 Å². The second kappa shape index (κ2) is 4.91. The molecule has 2 heterocycles. The van der Waals surface area contributed by atoms with Crippen LogP contribution in [-0.4, -0.2) is 23.4 Å². The van der Waals surface area contributed by atoms with Gasteiger partial charge >= 0.3 is 0 Å². The van der Waals surface area contributed by atoms with Crippen LogP contribution in [0.15, 0.2) is 16.5 Å². The van der Waals surface area contributed by atoms with Gasteiger partial charge in [0.25, 0.3) is 5.91 Å². The standard InChI is InChI=1S/C12H16ClNO2/c1-9-4-2-3-7-14(9)12(15)11-6-5-10(8-13)16-11/h5-6,9H,2-4,7-8H2,1H3. The normalized spacial score (nSPS) is 21.1. The molecule has 2 rings (SSSR count). The lowest BCUT2D eigenvalue weighted by atomic mass is 10.0. The van der Waals surface area contributed by atoms with Crippen LogP contribution in [0.2, 0.25) is 0 Å². The highest BCUT2D eigenvalue weighted by Gasteiger charge is 2.26. The van der Waals surface area contributed by atoms with Crippen LogP contribution in [0, 0.1) is 0 Å². The first-order valence-electron chi connectivity index (χ1n) is 5.68. The molecule has 0 aliphatic carbocycles. The number of rotatable bonds is 2. The summed E-state index contributed by atoms with van der Waals surface area (Å²) in [4.78, 5) is 14.0. The minimum Gasteiger partial charge on any atom is -0.455 e. The molecule has 0 aromatic carbocycles. The Kier molecular flexibility index (Phi) is 3.54. The molecule has 0 bridgehead atoms. The van der Waals surface area contributed by atoms with E-state index in [1.165, 1.54) is 6.42 Å². The summed E-state index contributed by atoms with van der Waals surface area (Å²) in [5, 5.41) is 0. The Bertz CT molecular complexity index is 375. The lowest BCUT2D eigenvalue weighted by molar-refractivity contribution is 0.0601. The summed E-state index contributed by atoms with van der Waals surface area (Å²) in [5.41, 5.74) is 0. The highest BCUT2D eigenvalue weighted by Crippen LogP contribution is 2.20. The maximum atomic E-state index is 12.1. The molecule has 4 heteroatoms. The van der Waals surface area contributed by atoms with E-state index in [4.69, 9.17) is 16.0 Å². The first-order chi connectivity index (χ1) is 7.72. The summed E-state index contributed by atoms with van der Waals surface area (Å²) < 4.78 is 5.37. The molecule has 0 radical (unpaired) electrons. The second-order valence-electron chi connectivity index (χ2n) is 4.24. The van der Waals surface area contributed by atoms with E-state index in [9.17, 15) is 4.79 Å². The zero-order valence-corrected chi connectivity index (χ0v) is 10.2. The van der Waals surface area contributed by atoms with Crippen molar-refractivity contribution in [1.82, 2.24) is 4.90 Å². The van der Waals surface area contributed by atoms with E-state index < -0.39 is 0 Å². The van der Waals surface area contributed by atoms with Crippen molar-refractivity contribution in [2.45, 2.75) is 38.1 Å². The quantitative estimate of drug-likeness (QED) is 0.746. The summed E-state index contributed by atoms with van der Waals surface area (Å²) >= 11 is 5.64. The van der Waals surface area contributed by atoms with Gasteiger partial charge in [-0.25, -0.2) is 0 Å². The lowest BCUT2D eigenvalue weighted by Gasteiger charge is -2.32. The van der Waals surface area contributed by atoms with Crippen molar-refractivity contribution in [1.29, 1.82) is 0 Å². The van der Waals surface area contributed by atoms with Crippen molar-refractivity contribution in [3.63, 3.8) is 0 Å². The molecule has 1 atom stereocenters. The number of halogens is 1. The van der Waals surface area contributed by atoms with Crippen molar-refractivity contribution >= 4 is 17.5 Å². The fraction of sp³-hybridized carbons (Fsp3) is 0.583. The van der Waals surface area contributed by atoms with Gasteiger partial charge in [-0.05, 0) is 38.3 Å². The van der Waals surface area contributed by atoms with Crippen LogP contribution in [0.4, 0.5) is 0 Å². The molecule has 1 aliphatic rings. The Labute approximate surface area is 100 Å². The lowest BCUT2D eigenvalue weighted by Crippen LogP contribution is -2.41. The predicted octanol–water partition coefficient (Wildman–Crippen LogP) is 3.03. The third-order valence-corrected chi connectivity index (χ3v) is 3.33. The molecule has 1 unspecified atom stereocenters. The number of hydrogen-bond donors (Lipinski definition) is 0. The Balaban J connectivity index is 2.11. The fourth-order valence-electron chi connectivity index (χ4n) is 2.11. The highest BCUT2D eigenvalue weighted by molar-refractivity contribution is 6.16. The number of piperidine rings is 1. The van der Waals surface area contributed by atoms with Crippen LogP contribution in [0.1, 0.15) is 42.5 Å². The van der Waals surface area contributed by atoms with Gasteiger partial charge in [0, 0.05) is 12.6 Å². The molecule has 3 nitrogen and oxygen atoms in total. The number of likely N-dealkylation sites (tertiary alicyclic amines) is 1. The molecule has 1 aliphatic heterocycles. The average molecular weight is 242 g/mol. The number of carbonyl (C=O) groups is 1. The first-order valence-corrected chi connectivity index (χ1v) is 6.21. The number of alkyl halides is 1. The van der Waals surface area contributed by atoms with Crippen molar-refractivity contribution in [2.75, 3.05) is 6.54 Å². The molecule has 1 saturated heterocycles. The summed E-state index contributed by atoms with van der Waals surface area (Å²) in [6.07, 6.45) is 3.37. The zero-order valence-electron chi connectivity index (χ0n) is 9.41. The monoisotopic (exact) mass is 241 g/mol. The summed E-state index contributed by atoms with van der Waals surface area (Å²) in [5.74, 6) is 1.35. The molecule has 16 heavy (non-hydrogen) atoms. The van der Waals surface area contributed by atoms with Crippen molar-refractivity contribution in [2.24, 2.45) is 0 Å². The number of hydrogen-bond acceptors (Lipinski definition) is 2. The number of nitrogens with zero attached hydrogens (tertiary/aromatic N) is 1. The molecule has 0 N–H and O–H groups in total. The molecule has 1 amide bonds. The molecular weight excluding hydrogens is 226 g/mol. The van der Waals surface area contributed by atoms with E-state index in [1.807, 2.05) is 4.90 Å².